The van der Waals surface area contributed by atoms with Crippen LogP contribution in [0, 0.1) is 0 Å². The SMILES string of the molecule is CCc1ncnc(-c2ccc(C(=O)N3CCN(c4ccncc4)CC3)c(Cl)c2)c1-c1ccc(N)nc1. The first-order valence-corrected chi connectivity index (χ1v) is 12.2. The summed E-state index contributed by atoms with van der Waals surface area (Å²) in [6, 6.07) is 13.1. The summed E-state index contributed by atoms with van der Waals surface area (Å²) in [4.78, 5) is 34.7. The first kappa shape index (κ1) is 23.7. The molecular formula is C27H26ClN7O. The molecule has 0 aliphatic carbocycles. The number of hydrogen-bond acceptors (Lipinski definition) is 7. The van der Waals surface area contributed by atoms with Gasteiger partial charge in [0.05, 0.1) is 22.0 Å². The minimum absolute atomic E-state index is 0.0687. The van der Waals surface area contributed by atoms with Crippen LogP contribution in [0.3, 0.4) is 0 Å². The number of benzene rings is 1. The molecule has 5 rings (SSSR count). The van der Waals surface area contributed by atoms with Crippen LogP contribution in [0.15, 0.2) is 67.4 Å². The number of pyridine rings is 2. The summed E-state index contributed by atoms with van der Waals surface area (Å²) in [5, 5.41) is 0.395. The number of aryl methyl sites for hydroxylation is 1. The van der Waals surface area contributed by atoms with Crippen molar-refractivity contribution in [3.63, 3.8) is 0 Å². The topological polar surface area (TPSA) is 101 Å². The van der Waals surface area contributed by atoms with Crippen LogP contribution in [0.1, 0.15) is 23.0 Å². The zero-order valence-electron chi connectivity index (χ0n) is 19.9. The van der Waals surface area contributed by atoms with Crippen LogP contribution < -0.4 is 10.6 Å². The second-order valence-corrected chi connectivity index (χ2v) is 8.96. The molecule has 1 fully saturated rings. The Kier molecular flexibility index (Phi) is 6.77. The number of nitrogen functional groups attached to an aromatic ring is 1. The lowest BCUT2D eigenvalue weighted by Crippen LogP contribution is -2.48. The van der Waals surface area contributed by atoms with Gasteiger partial charge in [0.25, 0.3) is 5.91 Å². The van der Waals surface area contributed by atoms with Crippen molar-refractivity contribution in [1.29, 1.82) is 0 Å². The number of hydrogen-bond donors (Lipinski definition) is 1. The Balaban J connectivity index is 1.39. The summed E-state index contributed by atoms with van der Waals surface area (Å²) in [5.41, 5.74) is 11.6. The fraction of sp³-hybridized carbons (Fsp3) is 0.222. The maximum atomic E-state index is 13.3. The summed E-state index contributed by atoms with van der Waals surface area (Å²) in [6.07, 6.45) is 7.57. The maximum Gasteiger partial charge on any atom is 0.255 e. The largest absolute Gasteiger partial charge is 0.384 e. The fourth-order valence-corrected chi connectivity index (χ4v) is 4.76. The molecule has 1 aliphatic rings. The quantitative estimate of drug-likeness (QED) is 0.435. The monoisotopic (exact) mass is 499 g/mol. The summed E-state index contributed by atoms with van der Waals surface area (Å²) in [6.45, 7) is 4.80. The number of carbonyl (C=O) groups is 1. The number of amides is 1. The Morgan fingerprint density at radius 1 is 0.972 bits per heavy atom. The van der Waals surface area contributed by atoms with E-state index in [2.05, 4.69) is 24.8 Å². The molecule has 2 N–H and O–H groups in total. The van der Waals surface area contributed by atoms with Crippen LogP contribution in [0.4, 0.5) is 11.5 Å². The van der Waals surface area contributed by atoms with E-state index in [1.165, 1.54) is 0 Å². The summed E-state index contributed by atoms with van der Waals surface area (Å²) in [7, 11) is 0. The van der Waals surface area contributed by atoms with Gasteiger partial charge >= 0.3 is 0 Å². The van der Waals surface area contributed by atoms with Crippen LogP contribution in [0.2, 0.25) is 5.02 Å². The third-order valence-electron chi connectivity index (χ3n) is 6.40. The van der Waals surface area contributed by atoms with Gasteiger partial charge in [0.1, 0.15) is 12.1 Å². The van der Waals surface area contributed by atoms with E-state index in [0.717, 1.165) is 53.3 Å². The number of aromatic nitrogens is 4. The number of piperazine rings is 1. The highest BCUT2D eigenvalue weighted by molar-refractivity contribution is 6.34. The molecule has 0 radical (unpaired) electrons. The van der Waals surface area contributed by atoms with Crippen molar-refractivity contribution in [3.8, 4) is 22.4 Å². The van der Waals surface area contributed by atoms with E-state index in [-0.39, 0.29) is 5.91 Å². The van der Waals surface area contributed by atoms with Crippen LogP contribution in [-0.4, -0.2) is 56.9 Å². The lowest BCUT2D eigenvalue weighted by molar-refractivity contribution is 0.0747. The van der Waals surface area contributed by atoms with Gasteiger partial charge in [0, 0.05) is 67.1 Å². The lowest BCUT2D eigenvalue weighted by atomic mass is 9.97. The first-order chi connectivity index (χ1) is 17.5. The Labute approximate surface area is 214 Å². The molecule has 0 bridgehead atoms. The van der Waals surface area contributed by atoms with Crippen molar-refractivity contribution in [1.82, 2.24) is 24.8 Å². The molecule has 8 nitrogen and oxygen atoms in total. The second-order valence-electron chi connectivity index (χ2n) is 8.55. The Morgan fingerprint density at radius 3 is 2.39 bits per heavy atom. The fourth-order valence-electron chi connectivity index (χ4n) is 4.49. The van der Waals surface area contributed by atoms with E-state index in [0.29, 0.717) is 29.5 Å². The van der Waals surface area contributed by atoms with Gasteiger partial charge in [-0.25, -0.2) is 15.0 Å². The Hall–Kier alpha value is -4.04. The summed E-state index contributed by atoms with van der Waals surface area (Å²) >= 11 is 6.67. The van der Waals surface area contributed by atoms with Crippen LogP contribution in [-0.2, 0) is 6.42 Å². The van der Waals surface area contributed by atoms with Gasteiger partial charge in [-0.05, 0) is 42.8 Å². The van der Waals surface area contributed by atoms with Gasteiger partial charge in [-0.15, -0.1) is 0 Å². The van der Waals surface area contributed by atoms with Crippen molar-refractivity contribution >= 4 is 29.0 Å². The normalized spacial score (nSPS) is 13.6. The molecule has 0 spiro atoms. The van der Waals surface area contributed by atoms with Gasteiger partial charge < -0.3 is 15.5 Å². The van der Waals surface area contributed by atoms with E-state index in [1.807, 2.05) is 36.1 Å². The van der Waals surface area contributed by atoms with Crippen molar-refractivity contribution < 1.29 is 4.79 Å². The van der Waals surface area contributed by atoms with Gasteiger partial charge in [-0.2, -0.15) is 0 Å². The minimum atomic E-state index is -0.0687. The average Bonchev–Trinajstić information content (AvgIpc) is 2.93. The number of carbonyl (C=O) groups excluding carboxylic acids is 1. The van der Waals surface area contributed by atoms with Crippen molar-refractivity contribution in [2.75, 3.05) is 36.8 Å². The highest BCUT2D eigenvalue weighted by atomic mass is 35.5. The molecule has 1 saturated heterocycles. The van der Waals surface area contributed by atoms with Crippen LogP contribution in [0.5, 0.6) is 0 Å². The second kappa shape index (κ2) is 10.3. The van der Waals surface area contributed by atoms with E-state index in [9.17, 15) is 4.79 Å². The Morgan fingerprint density at radius 2 is 1.72 bits per heavy atom. The third kappa shape index (κ3) is 4.72. The average molecular weight is 500 g/mol. The highest BCUT2D eigenvalue weighted by Crippen LogP contribution is 2.34. The number of nitrogens with zero attached hydrogens (tertiary/aromatic N) is 6. The smallest absolute Gasteiger partial charge is 0.255 e. The molecule has 0 unspecified atom stereocenters. The standard InChI is InChI=1S/C27H26ClN7O/c1-2-23-25(19-4-6-24(29)31-16-19)26(33-17-32-23)18-3-5-21(22(28)15-18)27(36)35-13-11-34(12-14-35)20-7-9-30-10-8-20/h3-10,15-17H,2,11-14H2,1H3,(H2,29,31). The molecule has 1 aliphatic heterocycles. The van der Waals surface area contributed by atoms with E-state index in [4.69, 9.17) is 17.3 Å². The van der Waals surface area contributed by atoms with Crippen molar-refractivity contribution in [3.05, 3.63) is 83.7 Å². The minimum Gasteiger partial charge on any atom is -0.384 e. The number of halogens is 1. The molecule has 4 heterocycles. The number of rotatable bonds is 5. The molecule has 4 aromatic rings. The summed E-state index contributed by atoms with van der Waals surface area (Å²) < 4.78 is 0. The zero-order valence-corrected chi connectivity index (χ0v) is 20.7. The molecule has 36 heavy (non-hydrogen) atoms. The van der Waals surface area contributed by atoms with Crippen LogP contribution in [0.25, 0.3) is 22.4 Å². The van der Waals surface area contributed by atoms with E-state index >= 15 is 0 Å². The zero-order chi connectivity index (χ0) is 25.1. The van der Waals surface area contributed by atoms with Gasteiger partial charge in [0.15, 0.2) is 0 Å². The van der Waals surface area contributed by atoms with Crippen molar-refractivity contribution in [2.45, 2.75) is 13.3 Å². The first-order valence-electron chi connectivity index (χ1n) is 11.8. The summed E-state index contributed by atoms with van der Waals surface area (Å²) in [5.74, 6) is 0.378. The molecular weight excluding hydrogens is 474 g/mol. The van der Waals surface area contributed by atoms with E-state index in [1.54, 1.807) is 43.1 Å². The molecule has 3 aromatic heterocycles. The predicted molar refractivity (Wildman–Crippen MR) is 142 cm³/mol. The Bertz CT molecular complexity index is 1370. The van der Waals surface area contributed by atoms with Crippen molar-refractivity contribution in [2.24, 2.45) is 0 Å². The highest BCUT2D eigenvalue weighted by Gasteiger charge is 2.24. The molecule has 1 amide bonds. The third-order valence-corrected chi connectivity index (χ3v) is 6.72. The number of anilines is 2. The molecule has 1 aromatic carbocycles. The molecule has 0 atom stereocenters. The van der Waals surface area contributed by atoms with Crippen LogP contribution >= 0.6 is 11.6 Å². The predicted octanol–water partition coefficient (Wildman–Crippen LogP) is 4.36. The molecule has 9 heteroatoms. The van der Waals surface area contributed by atoms with E-state index < -0.39 is 0 Å². The maximum absolute atomic E-state index is 13.3. The number of nitrogens with two attached hydrogens (primary N) is 1. The van der Waals surface area contributed by atoms with Gasteiger partial charge in [0.2, 0.25) is 0 Å². The molecule has 0 saturated carbocycles. The molecule has 182 valence electrons. The lowest BCUT2D eigenvalue weighted by Gasteiger charge is -2.36. The van der Waals surface area contributed by atoms with Gasteiger partial charge in [-0.1, -0.05) is 24.6 Å². The van der Waals surface area contributed by atoms with Gasteiger partial charge in [-0.3, -0.25) is 9.78 Å².